The quantitative estimate of drug-likeness (QED) is 0.884. The number of hydrogen-bond donors (Lipinski definition) is 1. The predicted molar refractivity (Wildman–Crippen MR) is 70.5 cm³/mol. The van der Waals surface area contributed by atoms with Crippen LogP contribution in [0.1, 0.15) is 43.1 Å². The van der Waals surface area contributed by atoms with E-state index in [0.29, 0.717) is 5.69 Å². The van der Waals surface area contributed by atoms with Crippen molar-refractivity contribution in [1.29, 1.82) is 0 Å². The standard InChI is InChI=1S/C13H20N4O/c1-4-13(8-5-9-13)14-11-7-6-10(15-16-11)12(18)17(2)3/h6-7H,4-5,8-9H2,1-3H3,(H,14,16). The van der Waals surface area contributed by atoms with E-state index in [1.165, 1.54) is 24.2 Å². The van der Waals surface area contributed by atoms with E-state index in [0.717, 1.165) is 12.2 Å². The van der Waals surface area contributed by atoms with E-state index >= 15 is 0 Å². The smallest absolute Gasteiger partial charge is 0.273 e. The molecular weight excluding hydrogens is 228 g/mol. The maximum atomic E-state index is 11.7. The zero-order valence-corrected chi connectivity index (χ0v) is 11.2. The number of anilines is 1. The topological polar surface area (TPSA) is 58.1 Å². The molecule has 0 bridgehead atoms. The largest absolute Gasteiger partial charge is 0.363 e. The first kappa shape index (κ1) is 12.8. The van der Waals surface area contributed by atoms with Gasteiger partial charge in [0.1, 0.15) is 5.82 Å². The molecule has 1 aliphatic carbocycles. The molecule has 1 N–H and O–H groups in total. The lowest BCUT2D eigenvalue weighted by atomic mass is 9.75. The lowest BCUT2D eigenvalue weighted by Crippen LogP contribution is -2.44. The molecule has 0 unspecified atom stereocenters. The van der Waals surface area contributed by atoms with Crippen molar-refractivity contribution in [2.75, 3.05) is 19.4 Å². The highest BCUT2D eigenvalue weighted by molar-refractivity contribution is 5.91. The Morgan fingerprint density at radius 2 is 2.11 bits per heavy atom. The van der Waals surface area contributed by atoms with Crippen LogP contribution < -0.4 is 5.32 Å². The van der Waals surface area contributed by atoms with Gasteiger partial charge in [-0.25, -0.2) is 0 Å². The third-order valence-electron chi connectivity index (χ3n) is 3.67. The van der Waals surface area contributed by atoms with Crippen molar-refractivity contribution in [1.82, 2.24) is 15.1 Å². The minimum absolute atomic E-state index is 0.122. The van der Waals surface area contributed by atoms with Gasteiger partial charge in [0.2, 0.25) is 0 Å². The highest BCUT2D eigenvalue weighted by atomic mass is 16.2. The first-order chi connectivity index (χ1) is 8.56. The Labute approximate surface area is 108 Å². The molecule has 0 aromatic carbocycles. The molecule has 0 saturated heterocycles. The molecule has 1 amide bonds. The molecule has 1 aromatic heterocycles. The van der Waals surface area contributed by atoms with Gasteiger partial charge in [-0.05, 0) is 37.8 Å². The monoisotopic (exact) mass is 248 g/mol. The number of hydrogen-bond acceptors (Lipinski definition) is 4. The van der Waals surface area contributed by atoms with Crippen LogP contribution in [0.2, 0.25) is 0 Å². The van der Waals surface area contributed by atoms with E-state index in [2.05, 4.69) is 22.4 Å². The lowest BCUT2D eigenvalue weighted by molar-refractivity contribution is 0.0821. The van der Waals surface area contributed by atoms with Crippen molar-refractivity contribution in [2.24, 2.45) is 0 Å². The van der Waals surface area contributed by atoms with E-state index in [9.17, 15) is 4.79 Å². The Hall–Kier alpha value is -1.65. The molecule has 1 fully saturated rings. The zero-order chi connectivity index (χ0) is 13.2. The summed E-state index contributed by atoms with van der Waals surface area (Å²) in [5.41, 5.74) is 0.576. The van der Waals surface area contributed by atoms with E-state index in [1.807, 2.05) is 6.07 Å². The molecule has 1 heterocycles. The maximum absolute atomic E-state index is 11.7. The average Bonchev–Trinajstić information content (AvgIpc) is 2.33. The van der Waals surface area contributed by atoms with Crippen LogP contribution in [0.25, 0.3) is 0 Å². The summed E-state index contributed by atoms with van der Waals surface area (Å²) in [5.74, 6) is 0.634. The van der Waals surface area contributed by atoms with Crippen LogP contribution in [-0.4, -0.2) is 40.6 Å². The van der Waals surface area contributed by atoms with Gasteiger partial charge in [-0.3, -0.25) is 4.79 Å². The number of carbonyl (C=O) groups excluding carboxylic acids is 1. The summed E-state index contributed by atoms with van der Waals surface area (Å²) in [6.07, 6.45) is 4.73. The second kappa shape index (κ2) is 4.92. The molecule has 0 atom stereocenters. The summed E-state index contributed by atoms with van der Waals surface area (Å²) in [4.78, 5) is 13.2. The predicted octanol–water partition coefficient (Wildman–Crippen LogP) is 1.92. The van der Waals surface area contributed by atoms with Crippen LogP contribution in [-0.2, 0) is 0 Å². The highest BCUT2D eigenvalue weighted by Gasteiger charge is 2.35. The third kappa shape index (κ3) is 2.44. The second-order valence-electron chi connectivity index (χ2n) is 5.12. The number of aromatic nitrogens is 2. The van der Waals surface area contributed by atoms with Gasteiger partial charge in [0.05, 0.1) is 0 Å². The molecule has 5 nitrogen and oxygen atoms in total. The molecule has 0 radical (unpaired) electrons. The Balaban J connectivity index is 2.06. The van der Waals surface area contributed by atoms with Gasteiger partial charge in [-0.1, -0.05) is 6.92 Å². The fourth-order valence-corrected chi connectivity index (χ4v) is 2.18. The molecule has 1 aliphatic rings. The van der Waals surface area contributed by atoms with E-state index in [-0.39, 0.29) is 11.4 Å². The molecule has 1 saturated carbocycles. The van der Waals surface area contributed by atoms with Gasteiger partial charge in [0.25, 0.3) is 5.91 Å². The molecule has 2 rings (SSSR count). The summed E-state index contributed by atoms with van der Waals surface area (Å²) >= 11 is 0. The highest BCUT2D eigenvalue weighted by Crippen LogP contribution is 2.37. The van der Waals surface area contributed by atoms with Crippen molar-refractivity contribution >= 4 is 11.7 Å². The number of carbonyl (C=O) groups is 1. The van der Waals surface area contributed by atoms with Crippen LogP contribution in [0.5, 0.6) is 0 Å². The first-order valence-corrected chi connectivity index (χ1v) is 6.40. The van der Waals surface area contributed by atoms with E-state index < -0.39 is 0 Å². The Morgan fingerprint density at radius 1 is 1.39 bits per heavy atom. The Bertz CT molecular complexity index is 418. The van der Waals surface area contributed by atoms with Crippen molar-refractivity contribution in [2.45, 2.75) is 38.1 Å². The van der Waals surface area contributed by atoms with Gasteiger partial charge >= 0.3 is 0 Å². The molecule has 1 aromatic rings. The third-order valence-corrected chi connectivity index (χ3v) is 3.67. The summed E-state index contributed by atoms with van der Waals surface area (Å²) < 4.78 is 0. The van der Waals surface area contributed by atoms with Crippen molar-refractivity contribution < 1.29 is 4.79 Å². The van der Waals surface area contributed by atoms with Gasteiger partial charge in [0, 0.05) is 19.6 Å². The van der Waals surface area contributed by atoms with Crippen LogP contribution in [0.3, 0.4) is 0 Å². The van der Waals surface area contributed by atoms with Crippen molar-refractivity contribution in [3.8, 4) is 0 Å². The number of nitrogens with zero attached hydrogens (tertiary/aromatic N) is 3. The molecule has 0 spiro atoms. The average molecular weight is 248 g/mol. The van der Waals surface area contributed by atoms with Gasteiger partial charge in [0.15, 0.2) is 5.69 Å². The molecular formula is C13H20N4O. The van der Waals surface area contributed by atoms with Crippen LogP contribution in [0.15, 0.2) is 12.1 Å². The van der Waals surface area contributed by atoms with Crippen LogP contribution in [0.4, 0.5) is 5.82 Å². The fourth-order valence-electron chi connectivity index (χ4n) is 2.18. The van der Waals surface area contributed by atoms with Crippen LogP contribution >= 0.6 is 0 Å². The number of amides is 1. The molecule has 5 heteroatoms. The second-order valence-corrected chi connectivity index (χ2v) is 5.12. The minimum Gasteiger partial charge on any atom is -0.363 e. The fraction of sp³-hybridized carbons (Fsp3) is 0.615. The normalized spacial score (nSPS) is 16.8. The summed E-state index contributed by atoms with van der Waals surface area (Å²) in [5, 5.41) is 11.5. The van der Waals surface area contributed by atoms with Gasteiger partial charge in [-0.2, -0.15) is 0 Å². The summed E-state index contributed by atoms with van der Waals surface area (Å²) in [6, 6.07) is 3.55. The Kier molecular flexibility index (Phi) is 3.50. The van der Waals surface area contributed by atoms with Gasteiger partial charge < -0.3 is 10.2 Å². The minimum atomic E-state index is -0.122. The first-order valence-electron chi connectivity index (χ1n) is 6.40. The van der Waals surface area contributed by atoms with Gasteiger partial charge in [-0.15, -0.1) is 10.2 Å². The van der Waals surface area contributed by atoms with Crippen molar-refractivity contribution in [3.63, 3.8) is 0 Å². The van der Waals surface area contributed by atoms with E-state index in [1.54, 1.807) is 20.2 Å². The SMILES string of the molecule is CCC1(Nc2ccc(C(=O)N(C)C)nn2)CCC1. The summed E-state index contributed by atoms with van der Waals surface area (Å²) in [7, 11) is 3.41. The number of rotatable bonds is 4. The molecule has 18 heavy (non-hydrogen) atoms. The maximum Gasteiger partial charge on any atom is 0.273 e. The number of nitrogens with one attached hydrogen (secondary N) is 1. The lowest BCUT2D eigenvalue weighted by Gasteiger charge is -2.42. The zero-order valence-electron chi connectivity index (χ0n) is 11.2. The van der Waals surface area contributed by atoms with Crippen LogP contribution in [0, 0.1) is 0 Å². The molecule has 98 valence electrons. The van der Waals surface area contributed by atoms with E-state index in [4.69, 9.17) is 0 Å². The van der Waals surface area contributed by atoms with Crippen molar-refractivity contribution in [3.05, 3.63) is 17.8 Å². The summed E-state index contributed by atoms with van der Waals surface area (Å²) in [6.45, 7) is 2.18. The Morgan fingerprint density at radius 3 is 2.50 bits per heavy atom. The molecule has 0 aliphatic heterocycles.